The fraction of sp³-hybridized carbons (Fsp3) is 0.417. The van der Waals surface area contributed by atoms with Gasteiger partial charge in [-0.2, -0.15) is 0 Å². The van der Waals surface area contributed by atoms with Crippen LogP contribution in [0.15, 0.2) is 18.3 Å². The smallest absolute Gasteiger partial charge is 0.335 e. The first kappa shape index (κ1) is 14.1. The number of nitrogens with one attached hydrogen (secondary N) is 1. The monoisotopic (exact) mass is 251 g/mol. The number of aromatic carboxylic acids is 1. The van der Waals surface area contributed by atoms with E-state index in [4.69, 9.17) is 5.11 Å². The van der Waals surface area contributed by atoms with Crippen molar-refractivity contribution in [2.75, 3.05) is 20.6 Å². The first-order valence-corrected chi connectivity index (χ1v) is 5.58. The maximum absolute atomic E-state index is 11.5. The zero-order chi connectivity index (χ0) is 13.5. The highest BCUT2D eigenvalue weighted by molar-refractivity contribution is 5.87. The third-order valence-electron chi connectivity index (χ3n) is 2.32. The van der Waals surface area contributed by atoms with Crippen molar-refractivity contribution < 1.29 is 14.7 Å². The first-order chi connectivity index (χ1) is 8.49. The first-order valence-electron chi connectivity index (χ1n) is 5.58. The van der Waals surface area contributed by atoms with Crippen molar-refractivity contribution in [3.63, 3.8) is 0 Å². The van der Waals surface area contributed by atoms with Crippen LogP contribution < -0.4 is 5.32 Å². The van der Waals surface area contributed by atoms with E-state index in [1.165, 1.54) is 18.3 Å². The van der Waals surface area contributed by atoms with Crippen LogP contribution in [0.25, 0.3) is 0 Å². The molecule has 0 bridgehead atoms. The lowest BCUT2D eigenvalue weighted by atomic mass is 10.2. The molecule has 0 fully saturated rings. The summed E-state index contributed by atoms with van der Waals surface area (Å²) in [6, 6.07) is 2.87. The lowest BCUT2D eigenvalue weighted by Crippen LogP contribution is -2.27. The zero-order valence-corrected chi connectivity index (χ0v) is 10.5. The van der Waals surface area contributed by atoms with Crippen LogP contribution in [0.1, 0.15) is 22.5 Å². The third kappa shape index (κ3) is 4.92. The largest absolute Gasteiger partial charge is 0.478 e. The summed E-state index contributed by atoms with van der Waals surface area (Å²) < 4.78 is 0. The van der Waals surface area contributed by atoms with E-state index in [0.717, 1.165) is 0 Å². The summed E-state index contributed by atoms with van der Waals surface area (Å²) >= 11 is 0. The Balaban J connectivity index is 2.46. The molecule has 18 heavy (non-hydrogen) atoms. The summed E-state index contributed by atoms with van der Waals surface area (Å²) in [5.74, 6) is -1.08. The number of carbonyl (C=O) groups excluding carboxylic acids is 1. The minimum Gasteiger partial charge on any atom is -0.478 e. The van der Waals surface area contributed by atoms with Gasteiger partial charge >= 0.3 is 5.97 Å². The highest BCUT2D eigenvalue weighted by Crippen LogP contribution is 2.01. The van der Waals surface area contributed by atoms with Gasteiger partial charge in [0.2, 0.25) is 5.91 Å². The topological polar surface area (TPSA) is 82.5 Å². The predicted molar refractivity (Wildman–Crippen MR) is 66.2 cm³/mol. The second-order valence-electron chi connectivity index (χ2n) is 4.17. The van der Waals surface area contributed by atoms with Gasteiger partial charge in [-0.05, 0) is 26.2 Å². The van der Waals surface area contributed by atoms with E-state index >= 15 is 0 Å². The quantitative estimate of drug-likeness (QED) is 0.762. The number of hydrogen-bond acceptors (Lipinski definition) is 4. The summed E-state index contributed by atoms with van der Waals surface area (Å²) in [7, 11) is 3.79. The maximum atomic E-state index is 11.5. The molecule has 1 rings (SSSR count). The summed E-state index contributed by atoms with van der Waals surface area (Å²) in [5.41, 5.74) is 0.704. The maximum Gasteiger partial charge on any atom is 0.335 e. The SMILES string of the molecule is CN(C)CCC(=O)NCc1cc(C(=O)O)ccn1. The average Bonchev–Trinajstić information content (AvgIpc) is 2.34. The molecule has 1 aromatic rings. The Kier molecular flexibility index (Phi) is 5.26. The molecule has 0 spiro atoms. The molecule has 0 saturated heterocycles. The van der Waals surface area contributed by atoms with Crippen LogP contribution in [0.5, 0.6) is 0 Å². The molecule has 0 atom stereocenters. The number of amides is 1. The molecule has 0 radical (unpaired) electrons. The molecule has 1 aromatic heterocycles. The van der Waals surface area contributed by atoms with Crippen LogP contribution in [-0.2, 0) is 11.3 Å². The molecule has 0 saturated carbocycles. The predicted octanol–water partition coefficient (Wildman–Crippen LogP) is 0.348. The third-order valence-corrected chi connectivity index (χ3v) is 2.32. The summed E-state index contributed by atoms with van der Waals surface area (Å²) in [6.45, 7) is 0.918. The number of hydrogen-bond donors (Lipinski definition) is 2. The van der Waals surface area contributed by atoms with E-state index in [1.54, 1.807) is 0 Å². The Labute approximate surface area is 106 Å². The Morgan fingerprint density at radius 2 is 2.17 bits per heavy atom. The Morgan fingerprint density at radius 3 is 2.78 bits per heavy atom. The van der Waals surface area contributed by atoms with Gasteiger partial charge in [0.05, 0.1) is 17.8 Å². The summed E-state index contributed by atoms with van der Waals surface area (Å²) in [5, 5.41) is 11.5. The van der Waals surface area contributed by atoms with Gasteiger partial charge in [-0.15, -0.1) is 0 Å². The number of nitrogens with zero attached hydrogens (tertiary/aromatic N) is 2. The number of carboxylic acids is 1. The molecule has 6 nitrogen and oxygen atoms in total. The number of rotatable bonds is 6. The molecule has 0 aliphatic rings. The van der Waals surface area contributed by atoms with E-state index in [2.05, 4.69) is 10.3 Å². The second-order valence-corrected chi connectivity index (χ2v) is 4.17. The molecule has 98 valence electrons. The van der Waals surface area contributed by atoms with Crippen molar-refractivity contribution in [1.29, 1.82) is 0 Å². The molecule has 1 heterocycles. The van der Waals surface area contributed by atoms with E-state index < -0.39 is 5.97 Å². The van der Waals surface area contributed by atoms with E-state index in [0.29, 0.717) is 18.7 Å². The highest BCUT2D eigenvalue weighted by atomic mass is 16.4. The van der Waals surface area contributed by atoms with Gasteiger partial charge in [0.25, 0.3) is 0 Å². The van der Waals surface area contributed by atoms with E-state index in [9.17, 15) is 9.59 Å². The van der Waals surface area contributed by atoms with Crippen LogP contribution >= 0.6 is 0 Å². The number of carbonyl (C=O) groups is 2. The molecule has 0 unspecified atom stereocenters. The second kappa shape index (κ2) is 6.70. The van der Waals surface area contributed by atoms with Crippen molar-refractivity contribution in [3.8, 4) is 0 Å². The van der Waals surface area contributed by atoms with Crippen molar-refractivity contribution in [2.24, 2.45) is 0 Å². The average molecular weight is 251 g/mol. The minimum atomic E-state index is -1.00. The van der Waals surface area contributed by atoms with Crippen LogP contribution in [-0.4, -0.2) is 47.5 Å². The molecule has 6 heteroatoms. The van der Waals surface area contributed by atoms with Crippen molar-refractivity contribution in [2.45, 2.75) is 13.0 Å². The van der Waals surface area contributed by atoms with Gasteiger partial charge in [0.15, 0.2) is 0 Å². The Morgan fingerprint density at radius 1 is 1.44 bits per heavy atom. The lowest BCUT2D eigenvalue weighted by molar-refractivity contribution is -0.121. The van der Waals surface area contributed by atoms with Crippen LogP contribution in [0.2, 0.25) is 0 Å². The summed E-state index contributed by atoms with van der Waals surface area (Å²) in [4.78, 5) is 28.1. The molecule has 0 aliphatic heterocycles. The fourth-order valence-electron chi connectivity index (χ4n) is 1.31. The lowest BCUT2D eigenvalue weighted by Gasteiger charge is -2.09. The fourth-order valence-corrected chi connectivity index (χ4v) is 1.31. The molecular formula is C12H17N3O3. The standard InChI is InChI=1S/C12H17N3O3/c1-15(2)6-4-11(16)14-8-10-7-9(12(17)18)3-5-13-10/h3,5,7H,4,6,8H2,1-2H3,(H,14,16)(H,17,18). The molecule has 0 aliphatic carbocycles. The molecule has 1 amide bonds. The summed E-state index contributed by atoms with van der Waals surface area (Å²) in [6.07, 6.45) is 1.83. The van der Waals surface area contributed by atoms with Crippen molar-refractivity contribution in [1.82, 2.24) is 15.2 Å². The van der Waals surface area contributed by atoms with Crippen molar-refractivity contribution >= 4 is 11.9 Å². The van der Waals surface area contributed by atoms with E-state index in [-0.39, 0.29) is 18.0 Å². The molecule has 2 N–H and O–H groups in total. The molecular weight excluding hydrogens is 234 g/mol. The Hall–Kier alpha value is -1.95. The molecule has 0 aromatic carbocycles. The number of aromatic nitrogens is 1. The van der Waals surface area contributed by atoms with Gasteiger partial charge in [-0.3, -0.25) is 9.78 Å². The number of pyridine rings is 1. The van der Waals surface area contributed by atoms with E-state index in [1.807, 2.05) is 19.0 Å². The van der Waals surface area contributed by atoms with Crippen LogP contribution in [0, 0.1) is 0 Å². The number of carboxylic acid groups (broad SMARTS) is 1. The van der Waals surface area contributed by atoms with Gasteiger partial charge in [0, 0.05) is 19.2 Å². The normalized spacial score (nSPS) is 10.4. The highest BCUT2D eigenvalue weighted by Gasteiger charge is 2.06. The van der Waals surface area contributed by atoms with Gasteiger partial charge < -0.3 is 15.3 Å². The van der Waals surface area contributed by atoms with Crippen molar-refractivity contribution in [3.05, 3.63) is 29.6 Å². The van der Waals surface area contributed by atoms with Gasteiger partial charge in [-0.1, -0.05) is 0 Å². The van der Waals surface area contributed by atoms with Crippen LogP contribution in [0.4, 0.5) is 0 Å². The van der Waals surface area contributed by atoms with Gasteiger partial charge in [0.1, 0.15) is 0 Å². The minimum absolute atomic E-state index is 0.0776. The van der Waals surface area contributed by atoms with Gasteiger partial charge in [-0.25, -0.2) is 4.79 Å². The van der Waals surface area contributed by atoms with Crippen LogP contribution in [0.3, 0.4) is 0 Å². The zero-order valence-electron chi connectivity index (χ0n) is 10.5. The Bertz CT molecular complexity index is 432.